The normalized spacial score (nSPS) is 14.6. The number of halogens is 2. The quantitative estimate of drug-likeness (QED) is 0.530. The van der Waals surface area contributed by atoms with Crippen LogP contribution in [0.25, 0.3) is 27.8 Å². The van der Waals surface area contributed by atoms with Crippen LogP contribution in [0.2, 0.25) is 0 Å². The van der Waals surface area contributed by atoms with Crippen molar-refractivity contribution in [1.82, 2.24) is 30.1 Å². The fourth-order valence-corrected chi connectivity index (χ4v) is 3.90. The molecule has 0 amide bonds. The molecule has 0 atom stereocenters. The second-order valence-corrected chi connectivity index (χ2v) is 7.39. The van der Waals surface area contributed by atoms with Crippen molar-refractivity contribution in [1.29, 1.82) is 5.26 Å². The highest BCUT2D eigenvalue weighted by atomic mass is 35.5. The number of piperidine rings is 1. The maximum Gasteiger partial charge on any atom is 0.171 e. The van der Waals surface area contributed by atoms with Gasteiger partial charge in [0.1, 0.15) is 11.9 Å². The maximum atomic E-state index is 15.0. The van der Waals surface area contributed by atoms with Crippen LogP contribution in [0.5, 0.6) is 0 Å². The van der Waals surface area contributed by atoms with E-state index >= 15 is 0 Å². The Morgan fingerprint density at radius 2 is 1.97 bits per heavy atom. The van der Waals surface area contributed by atoms with Gasteiger partial charge in [-0.3, -0.25) is 0 Å². The summed E-state index contributed by atoms with van der Waals surface area (Å²) in [4.78, 5) is 4.32. The molecule has 3 aromatic heterocycles. The Morgan fingerprint density at radius 1 is 1.17 bits per heavy atom. The van der Waals surface area contributed by atoms with E-state index in [1.54, 1.807) is 22.8 Å². The lowest BCUT2D eigenvalue weighted by atomic mass is 9.93. The van der Waals surface area contributed by atoms with Crippen LogP contribution < -0.4 is 5.32 Å². The summed E-state index contributed by atoms with van der Waals surface area (Å²) in [6.07, 6.45) is 3.69. The van der Waals surface area contributed by atoms with Crippen LogP contribution in [0.4, 0.5) is 4.39 Å². The Balaban J connectivity index is 0.00000218. The minimum Gasteiger partial charge on any atom is -0.317 e. The molecule has 1 fully saturated rings. The van der Waals surface area contributed by atoms with Crippen molar-refractivity contribution in [3.05, 3.63) is 53.2 Å². The molecule has 1 aromatic carbocycles. The summed E-state index contributed by atoms with van der Waals surface area (Å²) >= 11 is 0. The van der Waals surface area contributed by atoms with E-state index in [1.807, 2.05) is 13.0 Å². The smallest absolute Gasteiger partial charge is 0.171 e. The minimum absolute atomic E-state index is 0. The van der Waals surface area contributed by atoms with E-state index in [2.05, 4.69) is 31.7 Å². The van der Waals surface area contributed by atoms with E-state index in [1.165, 1.54) is 6.07 Å². The average Bonchev–Trinajstić information content (AvgIpc) is 3.13. The first kappa shape index (κ1) is 20.1. The number of nitrogens with zero attached hydrogens (tertiary/aromatic N) is 6. The van der Waals surface area contributed by atoms with Crippen molar-refractivity contribution in [2.24, 2.45) is 0 Å². The molecule has 0 saturated carbocycles. The highest BCUT2D eigenvalue weighted by molar-refractivity contribution is 5.85. The first-order valence-electron chi connectivity index (χ1n) is 9.57. The largest absolute Gasteiger partial charge is 0.317 e. The van der Waals surface area contributed by atoms with Crippen LogP contribution in [0.3, 0.4) is 0 Å². The molecule has 4 heterocycles. The topological polar surface area (TPSA) is 91.8 Å². The summed E-state index contributed by atoms with van der Waals surface area (Å²) in [5.41, 5.74) is 3.97. The lowest BCUT2D eigenvalue weighted by molar-refractivity contribution is 0.451. The van der Waals surface area contributed by atoms with Crippen molar-refractivity contribution in [3.8, 4) is 17.3 Å². The van der Waals surface area contributed by atoms with E-state index in [4.69, 9.17) is 0 Å². The van der Waals surface area contributed by atoms with Crippen LogP contribution in [-0.4, -0.2) is 37.9 Å². The first-order valence-corrected chi connectivity index (χ1v) is 9.57. The maximum absolute atomic E-state index is 15.0. The van der Waals surface area contributed by atoms with Gasteiger partial charge in [-0.25, -0.2) is 13.9 Å². The predicted molar refractivity (Wildman–Crippen MR) is 113 cm³/mol. The molecule has 4 aromatic rings. The van der Waals surface area contributed by atoms with Crippen LogP contribution in [0.1, 0.15) is 35.7 Å². The number of aryl methyl sites for hydroxylation is 1. The third-order valence-corrected chi connectivity index (χ3v) is 5.39. The molecule has 152 valence electrons. The number of imidazole rings is 1. The van der Waals surface area contributed by atoms with Crippen LogP contribution in [0.15, 0.2) is 30.5 Å². The van der Waals surface area contributed by atoms with Crippen LogP contribution >= 0.6 is 12.4 Å². The van der Waals surface area contributed by atoms with Gasteiger partial charge in [-0.05, 0) is 57.1 Å². The standard InChI is InChI=1S/C21H18FN7.ClH/c1-12-11-29-21(25-12)15(10-23)8-19(28-29)14-6-17(22)16-9-18(26-27-20(16)7-14)13-2-4-24-5-3-13;/h6-9,11,13,24H,2-5H2,1H3;1H. The molecule has 1 N–H and O–H groups in total. The lowest BCUT2D eigenvalue weighted by Gasteiger charge is -2.21. The summed E-state index contributed by atoms with van der Waals surface area (Å²) in [5, 5.41) is 26.4. The Bertz CT molecular complexity index is 1290. The number of fused-ring (bicyclic) bond motifs is 2. The van der Waals surface area contributed by atoms with Crippen molar-refractivity contribution in [3.63, 3.8) is 0 Å². The fraction of sp³-hybridized carbons (Fsp3) is 0.286. The first-order chi connectivity index (χ1) is 14.1. The number of nitrogens with one attached hydrogen (secondary N) is 1. The number of rotatable bonds is 2. The van der Waals surface area contributed by atoms with Gasteiger partial charge in [0.25, 0.3) is 0 Å². The molecule has 7 nitrogen and oxygen atoms in total. The third-order valence-electron chi connectivity index (χ3n) is 5.39. The number of benzene rings is 1. The molecule has 0 bridgehead atoms. The molecule has 1 saturated heterocycles. The van der Waals surface area contributed by atoms with Crippen molar-refractivity contribution in [2.45, 2.75) is 25.7 Å². The number of hydrogen-bond donors (Lipinski definition) is 1. The molecule has 0 spiro atoms. The van der Waals surface area contributed by atoms with Crippen LogP contribution in [0, 0.1) is 24.1 Å². The molecule has 0 unspecified atom stereocenters. The van der Waals surface area contributed by atoms with E-state index in [0.717, 1.165) is 37.3 Å². The van der Waals surface area contributed by atoms with Gasteiger partial charge in [-0.1, -0.05) is 0 Å². The zero-order valence-electron chi connectivity index (χ0n) is 16.3. The summed E-state index contributed by atoms with van der Waals surface area (Å²) in [6.45, 7) is 3.71. The minimum atomic E-state index is -0.371. The van der Waals surface area contributed by atoms with Crippen molar-refractivity contribution in [2.75, 3.05) is 13.1 Å². The molecule has 1 aliphatic rings. The molecule has 9 heteroatoms. The van der Waals surface area contributed by atoms with Crippen LogP contribution in [-0.2, 0) is 0 Å². The number of hydrogen-bond acceptors (Lipinski definition) is 6. The zero-order chi connectivity index (χ0) is 20.0. The van der Waals surface area contributed by atoms with Gasteiger partial charge in [-0.2, -0.15) is 20.6 Å². The van der Waals surface area contributed by atoms with Gasteiger partial charge in [0, 0.05) is 16.9 Å². The second kappa shape index (κ2) is 7.94. The third kappa shape index (κ3) is 3.47. The molecule has 1 aliphatic heterocycles. The lowest BCUT2D eigenvalue weighted by Crippen LogP contribution is -2.27. The summed E-state index contributed by atoms with van der Waals surface area (Å²) in [7, 11) is 0. The molecule has 5 rings (SSSR count). The van der Waals surface area contributed by atoms with E-state index < -0.39 is 0 Å². The highest BCUT2D eigenvalue weighted by Crippen LogP contribution is 2.29. The highest BCUT2D eigenvalue weighted by Gasteiger charge is 2.19. The average molecular weight is 424 g/mol. The summed E-state index contributed by atoms with van der Waals surface area (Å²) in [6, 6.07) is 8.78. The SMILES string of the molecule is Cc1cn2nc(-c3cc(F)c4cc(C5CCNCC5)nnc4c3)cc(C#N)c2n1.Cl. The van der Waals surface area contributed by atoms with Gasteiger partial charge in [0.05, 0.1) is 34.4 Å². The zero-order valence-corrected chi connectivity index (χ0v) is 17.1. The van der Waals surface area contributed by atoms with E-state index in [9.17, 15) is 9.65 Å². The second-order valence-electron chi connectivity index (χ2n) is 7.39. The predicted octanol–water partition coefficient (Wildman–Crippen LogP) is 3.55. The summed E-state index contributed by atoms with van der Waals surface area (Å²) in [5.74, 6) is -0.0660. The number of aromatic nitrogens is 5. The van der Waals surface area contributed by atoms with Gasteiger partial charge in [0.15, 0.2) is 5.65 Å². The Hall–Kier alpha value is -3.15. The summed E-state index contributed by atoms with van der Waals surface area (Å²) < 4.78 is 16.5. The van der Waals surface area contributed by atoms with Gasteiger partial charge in [0.2, 0.25) is 0 Å². The van der Waals surface area contributed by atoms with Crippen molar-refractivity contribution < 1.29 is 4.39 Å². The Labute approximate surface area is 178 Å². The van der Waals surface area contributed by atoms with E-state index in [0.29, 0.717) is 39.3 Å². The Morgan fingerprint density at radius 3 is 2.73 bits per heavy atom. The molecular weight excluding hydrogens is 405 g/mol. The van der Waals surface area contributed by atoms with Gasteiger partial charge in [-0.15, -0.1) is 12.4 Å². The molecule has 0 radical (unpaired) electrons. The Kier molecular flexibility index (Phi) is 5.33. The molecule has 0 aliphatic carbocycles. The molecule has 30 heavy (non-hydrogen) atoms. The number of nitriles is 1. The fourth-order valence-electron chi connectivity index (χ4n) is 3.90. The monoisotopic (exact) mass is 423 g/mol. The molecular formula is C21H19ClFN7. The van der Waals surface area contributed by atoms with Gasteiger partial charge < -0.3 is 5.32 Å². The van der Waals surface area contributed by atoms with Crippen molar-refractivity contribution >= 4 is 29.0 Å². The van der Waals surface area contributed by atoms with E-state index in [-0.39, 0.29) is 18.2 Å². The van der Waals surface area contributed by atoms with Gasteiger partial charge >= 0.3 is 0 Å².